The van der Waals surface area contributed by atoms with Crippen LogP contribution < -0.4 is 10.6 Å². The third kappa shape index (κ3) is 6.02. The monoisotopic (exact) mass is 554 g/mol. The number of benzene rings is 3. The number of halogens is 3. The van der Waals surface area contributed by atoms with Gasteiger partial charge >= 0.3 is 5.97 Å². The molecule has 4 aromatic rings. The average Bonchev–Trinajstić information content (AvgIpc) is 3.43. The van der Waals surface area contributed by atoms with Crippen LogP contribution in [0.15, 0.2) is 73.1 Å². The van der Waals surface area contributed by atoms with E-state index >= 15 is 0 Å². The number of carbonyl (C=O) groups is 3. The van der Waals surface area contributed by atoms with Gasteiger partial charge in [-0.05, 0) is 47.2 Å². The van der Waals surface area contributed by atoms with Gasteiger partial charge in [0.25, 0.3) is 5.91 Å². The summed E-state index contributed by atoms with van der Waals surface area (Å²) >= 11 is 11.9. The van der Waals surface area contributed by atoms with Crippen molar-refractivity contribution in [3.05, 3.63) is 106 Å². The van der Waals surface area contributed by atoms with Crippen LogP contribution in [0.25, 0.3) is 11.8 Å². The minimum absolute atomic E-state index is 0.0697. The molecule has 0 spiro atoms. The summed E-state index contributed by atoms with van der Waals surface area (Å²) in [6, 6.07) is 13.9. The lowest BCUT2D eigenvalue weighted by Crippen LogP contribution is -2.36. The molecule has 0 aliphatic heterocycles. The number of carboxylic acid groups (broad SMARTS) is 1. The van der Waals surface area contributed by atoms with Gasteiger partial charge in [0, 0.05) is 17.3 Å². The van der Waals surface area contributed by atoms with E-state index in [1.54, 1.807) is 30.3 Å². The van der Waals surface area contributed by atoms with Crippen molar-refractivity contribution < 1.29 is 23.9 Å². The number of carboxylic acids is 1. The summed E-state index contributed by atoms with van der Waals surface area (Å²) in [6.07, 6.45) is 3.38. The maximum absolute atomic E-state index is 14.8. The maximum Gasteiger partial charge on any atom is 0.337 e. The Hall–Kier alpha value is -4.61. The molecule has 1 aromatic heterocycles. The first-order chi connectivity index (χ1) is 18.2. The van der Waals surface area contributed by atoms with E-state index in [9.17, 15) is 18.8 Å². The van der Waals surface area contributed by atoms with E-state index in [0.717, 1.165) is 17.2 Å². The second-order valence-corrected chi connectivity index (χ2v) is 8.51. The Morgan fingerprint density at radius 3 is 2.45 bits per heavy atom. The third-order valence-corrected chi connectivity index (χ3v) is 5.83. The van der Waals surface area contributed by atoms with E-state index in [0.29, 0.717) is 5.56 Å². The molecule has 0 bridgehead atoms. The number of carbonyl (C=O) groups excluding carboxylic acids is 2. The average molecular weight is 555 g/mol. The molecule has 0 aliphatic carbocycles. The predicted molar refractivity (Wildman–Crippen MR) is 138 cm³/mol. The van der Waals surface area contributed by atoms with Crippen molar-refractivity contribution in [1.82, 2.24) is 25.5 Å². The highest BCUT2D eigenvalue weighted by atomic mass is 35.5. The second kappa shape index (κ2) is 11.6. The van der Waals surface area contributed by atoms with E-state index in [4.69, 9.17) is 28.3 Å². The second-order valence-electron chi connectivity index (χ2n) is 7.69. The fourth-order valence-electron chi connectivity index (χ4n) is 3.44. The third-order valence-electron chi connectivity index (χ3n) is 5.22. The Morgan fingerprint density at radius 1 is 1.03 bits per heavy atom. The van der Waals surface area contributed by atoms with E-state index in [2.05, 4.69) is 26.0 Å². The van der Waals surface area contributed by atoms with Gasteiger partial charge in [0.15, 0.2) is 12.1 Å². The summed E-state index contributed by atoms with van der Waals surface area (Å²) in [6.45, 7) is 0. The Labute approximate surface area is 224 Å². The molecule has 10 nitrogen and oxygen atoms in total. The van der Waals surface area contributed by atoms with Gasteiger partial charge in [0.1, 0.15) is 6.04 Å². The summed E-state index contributed by atoms with van der Waals surface area (Å²) in [5, 5.41) is 25.3. The van der Waals surface area contributed by atoms with Crippen molar-refractivity contribution in [3.8, 4) is 5.69 Å². The van der Waals surface area contributed by atoms with Crippen molar-refractivity contribution in [3.63, 3.8) is 0 Å². The number of tetrazole rings is 1. The lowest BCUT2D eigenvalue weighted by Gasteiger charge is -2.18. The molecule has 13 heteroatoms. The van der Waals surface area contributed by atoms with Crippen LogP contribution >= 0.6 is 23.2 Å². The minimum Gasteiger partial charge on any atom is -0.478 e. The molecule has 38 heavy (non-hydrogen) atoms. The first kappa shape index (κ1) is 26.5. The molecule has 0 saturated heterocycles. The van der Waals surface area contributed by atoms with E-state index in [1.807, 2.05) is 0 Å². The van der Waals surface area contributed by atoms with Crippen molar-refractivity contribution >= 4 is 52.7 Å². The molecule has 0 radical (unpaired) electrons. The van der Waals surface area contributed by atoms with Crippen LogP contribution in [0.1, 0.15) is 27.5 Å². The van der Waals surface area contributed by atoms with Crippen molar-refractivity contribution in [1.29, 1.82) is 0 Å². The van der Waals surface area contributed by atoms with Crippen LogP contribution in [-0.2, 0) is 9.59 Å². The lowest BCUT2D eigenvalue weighted by molar-refractivity contribution is -0.123. The Kier molecular flexibility index (Phi) is 8.09. The zero-order chi connectivity index (χ0) is 27.2. The lowest BCUT2D eigenvalue weighted by atomic mass is 10.1. The van der Waals surface area contributed by atoms with E-state index < -0.39 is 29.6 Å². The number of aromatic nitrogens is 4. The van der Waals surface area contributed by atoms with Gasteiger partial charge in [-0.2, -0.15) is 0 Å². The zero-order valence-electron chi connectivity index (χ0n) is 19.2. The molecule has 0 aliphatic rings. The molecule has 1 unspecified atom stereocenters. The van der Waals surface area contributed by atoms with Crippen LogP contribution in [0.2, 0.25) is 10.0 Å². The molecule has 1 atom stereocenters. The number of hydrogen-bond acceptors (Lipinski definition) is 6. The maximum atomic E-state index is 14.8. The summed E-state index contributed by atoms with van der Waals surface area (Å²) < 4.78 is 14.8. The largest absolute Gasteiger partial charge is 0.478 e. The number of nitrogens with one attached hydrogen (secondary N) is 2. The van der Waals surface area contributed by atoms with Crippen LogP contribution in [-0.4, -0.2) is 43.1 Å². The first-order valence-corrected chi connectivity index (χ1v) is 11.6. The Bertz CT molecular complexity index is 1530. The Morgan fingerprint density at radius 2 is 1.79 bits per heavy atom. The minimum atomic E-state index is -1.21. The van der Waals surface area contributed by atoms with Crippen molar-refractivity contribution in [2.45, 2.75) is 6.04 Å². The smallest absolute Gasteiger partial charge is 0.337 e. The zero-order valence-corrected chi connectivity index (χ0v) is 20.7. The van der Waals surface area contributed by atoms with Gasteiger partial charge < -0.3 is 15.7 Å². The first-order valence-electron chi connectivity index (χ1n) is 10.8. The number of amides is 2. The molecule has 4 rings (SSSR count). The SMILES string of the molecule is O=C(C=Cc1c(-n2ncnn2)ccc(Cl)c1F)NC(C(=O)Nc1ccc(C(=O)O)c(Cl)c1)c1ccccc1. The quantitative estimate of drug-likeness (QED) is 0.275. The number of aromatic carboxylic acids is 1. The molecule has 2 amide bonds. The van der Waals surface area contributed by atoms with Gasteiger partial charge in [-0.15, -0.1) is 15.0 Å². The van der Waals surface area contributed by atoms with Crippen molar-refractivity contribution in [2.75, 3.05) is 5.32 Å². The summed E-state index contributed by atoms with van der Waals surface area (Å²) in [4.78, 5) is 38.3. The fraction of sp³-hybridized carbons (Fsp3) is 0.0400. The topological polar surface area (TPSA) is 139 Å². The molecule has 3 aromatic carbocycles. The van der Waals surface area contributed by atoms with Gasteiger partial charge in [0.2, 0.25) is 5.91 Å². The predicted octanol–water partition coefficient (Wildman–Crippen LogP) is 4.32. The highest BCUT2D eigenvalue weighted by molar-refractivity contribution is 6.34. The standard InChI is InChI=1S/C25H17Cl2FN6O4/c26-18-9-10-20(34-30-13-29-33-34)17(22(18)28)8-11-21(35)32-23(14-4-2-1-3-5-14)24(36)31-15-6-7-16(25(37)38)19(27)12-15/h1-13,23H,(H,31,36)(H,32,35)(H,37,38). The molecular weight excluding hydrogens is 538 g/mol. The van der Waals surface area contributed by atoms with Crippen LogP contribution in [0.3, 0.4) is 0 Å². The van der Waals surface area contributed by atoms with E-state index in [1.165, 1.54) is 36.4 Å². The van der Waals surface area contributed by atoms with Crippen LogP contribution in [0.5, 0.6) is 0 Å². The molecule has 0 saturated carbocycles. The highest BCUT2D eigenvalue weighted by Gasteiger charge is 2.23. The van der Waals surface area contributed by atoms with E-state index in [-0.39, 0.29) is 32.5 Å². The molecular formula is C25H17Cl2FN6O4. The molecule has 3 N–H and O–H groups in total. The van der Waals surface area contributed by atoms with Gasteiger partial charge in [-0.25, -0.2) is 9.18 Å². The molecule has 192 valence electrons. The number of anilines is 1. The summed E-state index contributed by atoms with van der Waals surface area (Å²) in [7, 11) is 0. The number of nitrogens with zero attached hydrogens (tertiary/aromatic N) is 4. The van der Waals surface area contributed by atoms with Gasteiger partial charge in [-0.1, -0.05) is 53.5 Å². The van der Waals surface area contributed by atoms with Gasteiger partial charge in [-0.3, -0.25) is 9.59 Å². The summed E-state index contributed by atoms with van der Waals surface area (Å²) in [5.41, 5.74) is 0.673. The molecule has 0 fully saturated rings. The highest BCUT2D eigenvalue weighted by Crippen LogP contribution is 2.26. The number of rotatable bonds is 8. The molecule has 1 heterocycles. The Balaban J connectivity index is 1.58. The van der Waals surface area contributed by atoms with Crippen LogP contribution in [0, 0.1) is 5.82 Å². The summed E-state index contributed by atoms with van der Waals surface area (Å²) in [5.74, 6) is -3.36. The van der Waals surface area contributed by atoms with Crippen LogP contribution in [0.4, 0.5) is 10.1 Å². The fourth-order valence-corrected chi connectivity index (χ4v) is 3.87. The van der Waals surface area contributed by atoms with Gasteiger partial charge in [0.05, 0.1) is 21.3 Å². The number of hydrogen-bond donors (Lipinski definition) is 3. The normalized spacial score (nSPS) is 11.8. The van der Waals surface area contributed by atoms with Crippen molar-refractivity contribution in [2.24, 2.45) is 0 Å².